The second-order valence-corrected chi connectivity index (χ2v) is 7.44. The molecule has 4 aromatic carbocycles. The summed E-state index contributed by atoms with van der Waals surface area (Å²) < 4.78 is 0. The Morgan fingerprint density at radius 1 is 0.355 bits per heavy atom. The van der Waals surface area contributed by atoms with Gasteiger partial charge in [-0.1, -0.05) is 121 Å². The number of nitrogens with zero attached hydrogens (tertiary/aromatic N) is 1. The maximum Gasteiger partial charge on any atom is 0.0996 e. The maximum absolute atomic E-state index is 6.09. The molecular formula is C29H22N2. The molecule has 0 saturated heterocycles. The van der Waals surface area contributed by atoms with E-state index in [0.717, 1.165) is 50.3 Å². The minimum atomic E-state index is 0.815. The van der Waals surface area contributed by atoms with Gasteiger partial charge in [-0.15, -0.1) is 0 Å². The van der Waals surface area contributed by atoms with E-state index in [4.69, 9.17) is 5.84 Å². The molecule has 2 nitrogen and oxygen atoms in total. The van der Waals surface area contributed by atoms with Crippen LogP contribution in [0.25, 0.3) is 22.3 Å². The van der Waals surface area contributed by atoms with Crippen molar-refractivity contribution in [3.05, 3.63) is 144 Å². The van der Waals surface area contributed by atoms with E-state index in [2.05, 4.69) is 102 Å². The molecule has 0 bridgehead atoms. The van der Waals surface area contributed by atoms with Gasteiger partial charge in [-0.25, -0.2) is 0 Å². The molecule has 0 aliphatic heterocycles. The number of rotatable bonds is 4. The van der Waals surface area contributed by atoms with E-state index in [9.17, 15) is 0 Å². The van der Waals surface area contributed by atoms with Crippen LogP contribution in [0.4, 0.5) is 0 Å². The van der Waals surface area contributed by atoms with E-state index in [1.165, 1.54) is 0 Å². The van der Waals surface area contributed by atoms with Gasteiger partial charge in [-0.2, -0.15) is 5.10 Å². The van der Waals surface area contributed by atoms with E-state index in [0.29, 0.717) is 0 Å². The fourth-order valence-electron chi connectivity index (χ4n) is 4.30. The second-order valence-electron chi connectivity index (χ2n) is 7.44. The quantitative estimate of drug-likeness (QED) is 0.308. The zero-order chi connectivity index (χ0) is 21.0. The minimum absolute atomic E-state index is 0.815. The molecule has 0 radical (unpaired) electrons. The van der Waals surface area contributed by atoms with Gasteiger partial charge < -0.3 is 5.84 Å². The first-order valence-electron chi connectivity index (χ1n) is 10.4. The molecule has 0 aromatic heterocycles. The zero-order valence-electron chi connectivity index (χ0n) is 17.1. The van der Waals surface area contributed by atoms with Crippen molar-refractivity contribution in [1.29, 1.82) is 0 Å². The van der Waals surface area contributed by atoms with Crippen molar-refractivity contribution in [2.24, 2.45) is 10.9 Å². The van der Waals surface area contributed by atoms with Crippen molar-refractivity contribution in [2.75, 3.05) is 0 Å². The minimum Gasteiger partial charge on any atom is -0.323 e. The smallest absolute Gasteiger partial charge is 0.0996 e. The number of allylic oxidation sites excluding steroid dienone is 4. The highest BCUT2D eigenvalue weighted by Gasteiger charge is 2.33. The summed E-state index contributed by atoms with van der Waals surface area (Å²) in [7, 11) is 0. The third-order valence-corrected chi connectivity index (χ3v) is 5.60. The van der Waals surface area contributed by atoms with Crippen LogP contribution in [0.15, 0.2) is 126 Å². The highest BCUT2D eigenvalue weighted by Crippen LogP contribution is 2.49. The Bertz CT molecular complexity index is 1180. The first kappa shape index (κ1) is 18.8. The molecule has 4 aromatic rings. The number of hydrazone groups is 1. The summed E-state index contributed by atoms with van der Waals surface area (Å²) in [6.45, 7) is 0. The van der Waals surface area contributed by atoms with Crippen molar-refractivity contribution < 1.29 is 0 Å². The largest absolute Gasteiger partial charge is 0.323 e. The molecule has 2 heteroatoms. The van der Waals surface area contributed by atoms with Gasteiger partial charge in [0, 0.05) is 22.3 Å². The number of hydrogen-bond acceptors (Lipinski definition) is 2. The van der Waals surface area contributed by atoms with Crippen LogP contribution in [0.1, 0.15) is 22.3 Å². The molecular weight excluding hydrogens is 376 g/mol. The Morgan fingerprint density at radius 2 is 0.613 bits per heavy atom. The molecule has 1 aliphatic rings. The van der Waals surface area contributed by atoms with Crippen LogP contribution >= 0.6 is 0 Å². The lowest BCUT2D eigenvalue weighted by Crippen LogP contribution is -2.06. The van der Waals surface area contributed by atoms with Crippen LogP contribution in [0.2, 0.25) is 0 Å². The van der Waals surface area contributed by atoms with Crippen molar-refractivity contribution in [2.45, 2.75) is 0 Å². The van der Waals surface area contributed by atoms with Gasteiger partial charge in [0.15, 0.2) is 0 Å². The monoisotopic (exact) mass is 398 g/mol. The van der Waals surface area contributed by atoms with E-state index in [1.807, 2.05) is 24.3 Å². The van der Waals surface area contributed by atoms with Gasteiger partial charge in [0.1, 0.15) is 0 Å². The molecule has 0 atom stereocenters. The average molecular weight is 399 g/mol. The molecule has 0 heterocycles. The number of benzene rings is 4. The fourth-order valence-corrected chi connectivity index (χ4v) is 4.30. The summed E-state index contributed by atoms with van der Waals surface area (Å²) >= 11 is 0. The lowest BCUT2D eigenvalue weighted by atomic mass is 9.89. The first-order valence-corrected chi connectivity index (χ1v) is 10.4. The van der Waals surface area contributed by atoms with E-state index >= 15 is 0 Å². The lowest BCUT2D eigenvalue weighted by Gasteiger charge is -2.13. The summed E-state index contributed by atoms with van der Waals surface area (Å²) in [6.07, 6.45) is 0. The van der Waals surface area contributed by atoms with Gasteiger partial charge in [0.05, 0.1) is 5.71 Å². The molecule has 0 saturated carbocycles. The molecule has 31 heavy (non-hydrogen) atoms. The standard InChI is InChI=1S/C29H22N2/c30-31-29-27(23-17-9-3-10-18-23)25(21-13-5-1-6-14-21)26(22-15-7-2-8-16-22)28(29)24-19-11-4-12-20-24/h1-20H,30H2. The summed E-state index contributed by atoms with van der Waals surface area (Å²) in [5, 5.41) is 4.36. The summed E-state index contributed by atoms with van der Waals surface area (Å²) in [5.74, 6) is 6.09. The average Bonchev–Trinajstić information content (AvgIpc) is 3.21. The Morgan fingerprint density at radius 3 is 0.871 bits per heavy atom. The Balaban J connectivity index is 1.91. The van der Waals surface area contributed by atoms with Gasteiger partial charge in [0.2, 0.25) is 0 Å². The maximum atomic E-state index is 6.09. The van der Waals surface area contributed by atoms with Crippen LogP contribution in [0.5, 0.6) is 0 Å². The molecule has 0 amide bonds. The van der Waals surface area contributed by atoms with Crippen molar-refractivity contribution in [3.63, 3.8) is 0 Å². The lowest BCUT2D eigenvalue weighted by molar-refractivity contribution is 1.26. The Labute approximate surface area is 182 Å². The SMILES string of the molecule is NN=C1C(c2ccccc2)=C(c2ccccc2)C(c2ccccc2)=C1c1ccccc1. The van der Waals surface area contributed by atoms with Crippen LogP contribution in [0, 0.1) is 0 Å². The van der Waals surface area contributed by atoms with Crippen molar-refractivity contribution in [1.82, 2.24) is 0 Å². The Hall–Kier alpha value is -4.17. The summed E-state index contributed by atoms with van der Waals surface area (Å²) in [5.41, 5.74) is 9.74. The van der Waals surface area contributed by atoms with Gasteiger partial charge >= 0.3 is 0 Å². The third-order valence-electron chi connectivity index (χ3n) is 5.60. The van der Waals surface area contributed by atoms with Gasteiger partial charge in [0.25, 0.3) is 0 Å². The normalized spacial score (nSPS) is 13.6. The fraction of sp³-hybridized carbons (Fsp3) is 0. The highest BCUT2D eigenvalue weighted by molar-refractivity contribution is 6.60. The van der Waals surface area contributed by atoms with Crippen molar-refractivity contribution >= 4 is 28.0 Å². The molecule has 2 N–H and O–H groups in total. The molecule has 1 aliphatic carbocycles. The number of hydrogen-bond donors (Lipinski definition) is 1. The first-order chi connectivity index (χ1) is 15.4. The zero-order valence-corrected chi connectivity index (χ0v) is 17.1. The number of nitrogens with two attached hydrogens (primary N) is 1. The molecule has 0 spiro atoms. The second kappa shape index (κ2) is 8.29. The topological polar surface area (TPSA) is 38.4 Å². The van der Waals surface area contributed by atoms with Gasteiger partial charge in [-0.05, 0) is 22.3 Å². The highest BCUT2D eigenvalue weighted by atomic mass is 15.1. The predicted octanol–water partition coefficient (Wildman–Crippen LogP) is 6.54. The molecule has 148 valence electrons. The Kier molecular flexibility index (Phi) is 5.04. The van der Waals surface area contributed by atoms with Crippen LogP contribution < -0.4 is 5.84 Å². The van der Waals surface area contributed by atoms with Gasteiger partial charge in [-0.3, -0.25) is 0 Å². The third kappa shape index (κ3) is 3.38. The van der Waals surface area contributed by atoms with Crippen LogP contribution in [-0.2, 0) is 0 Å². The van der Waals surface area contributed by atoms with Crippen molar-refractivity contribution in [3.8, 4) is 0 Å². The van der Waals surface area contributed by atoms with Crippen LogP contribution in [0.3, 0.4) is 0 Å². The van der Waals surface area contributed by atoms with E-state index < -0.39 is 0 Å². The molecule has 5 rings (SSSR count). The van der Waals surface area contributed by atoms with E-state index in [1.54, 1.807) is 0 Å². The van der Waals surface area contributed by atoms with Crippen LogP contribution in [-0.4, -0.2) is 5.71 Å². The molecule has 0 fully saturated rings. The summed E-state index contributed by atoms with van der Waals surface area (Å²) in [4.78, 5) is 0. The molecule has 0 unspecified atom stereocenters. The predicted molar refractivity (Wildman–Crippen MR) is 131 cm³/mol. The summed E-state index contributed by atoms with van der Waals surface area (Å²) in [6, 6.07) is 41.8. The van der Waals surface area contributed by atoms with E-state index in [-0.39, 0.29) is 0 Å².